The Hall–Kier alpha value is -8.20. The van der Waals surface area contributed by atoms with E-state index in [9.17, 15) is 0 Å². The molecule has 0 amide bonds. The molecule has 0 N–H and O–H groups in total. The number of para-hydroxylation sites is 3. The monoisotopic (exact) mass is 790 g/mol. The Balaban J connectivity index is 1.17. The molecule has 62 heavy (non-hydrogen) atoms. The Morgan fingerprint density at radius 1 is 0.274 bits per heavy atom. The maximum atomic E-state index is 2.49. The van der Waals surface area contributed by atoms with Crippen LogP contribution in [0.1, 0.15) is 0 Å². The highest BCUT2D eigenvalue weighted by molar-refractivity contribution is 6.17. The Morgan fingerprint density at radius 2 is 0.774 bits per heavy atom. The van der Waals surface area contributed by atoms with Crippen LogP contribution in [0.3, 0.4) is 0 Å². The van der Waals surface area contributed by atoms with E-state index < -0.39 is 0 Å². The van der Waals surface area contributed by atoms with Crippen LogP contribution in [-0.4, -0.2) is 4.57 Å². The molecular weight excluding hydrogens is 749 g/mol. The van der Waals surface area contributed by atoms with Crippen molar-refractivity contribution in [2.45, 2.75) is 0 Å². The normalized spacial score (nSPS) is 11.2. The fraction of sp³-hybridized carbons (Fsp3) is 0. The minimum atomic E-state index is 1.07. The summed E-state index contributed by atoms with van der Waals surface area (Å²) in [5.74, 6) is 0. The summed E-state index contributed by atoms with van der Waals surface area (Å²) < 4.78 is 2.40. The van der Waals surface area contributed by atoms with Gasteiger partial charge in [-0.3, -0.25) is 0 Å². The van der Waals surface area contributed by atoms with E-state index in [1.165, 1.54) is 60.8 Å². The zero-order valence-corrected chi connectivity index (χ0v) is 34.1. The van der Waals surface area contributed by atoms with Gasteiger partial charge in [-0.1, -0.05) is 200 Å². The van der Waals surface area contributed by atoms with Crippen LogP contribution in [0.15, 0.2) is 255 Å². The van der Waals surface area contributed by atoms with Crippen molar-refractivity contribution in [2.75, 3.05) is 4.90 Å². The van der Waals surface area contributed by atoms with E-state index in [2.05, 4.69) is 264 Å². The fourth-order valence-corrected chi connectivity index (χ4v) is 9.11. The van der Waals surface area contributed by atoms with E-state index in [4.69, 9.17) is 0 Å². The summed E-state index contributed by atoms with van der Waals surface area (Å²) in [4.78, 5) is 2.49. The third kappa shape index (κ3) is 6.74. The Kier molecular flexibility index (Phi) is 9.57. The molecule has 2 nitrogen and oxygen atoms in total. The molecule has 0 bridgehead atoms. The molecule has 1 heterocycles. The van der Waals surface area contributed by atoms with Gasteiger partial charge in [-0.25, -0.2) is 0 Å². The maximum absolute atomic E-state index is 2.49. The van der Waals surface area contributed by atoms with Gasteiger partial charge in [0.15, 0.2) is 0 Å². The first-order valence-corrected chi connectivity index (χ1v) is 21.3. The van der Waals surface area contributed by atoms with Gasteiger partial charge < -0.3 is 9.47 Å². The Morgan fingerprint density at radius 3 is 1.52 bits per heavy atom. The summed E-state index contributed by atoms with van der Waals surface area (Å²) in [6.07, 6.45) is 0. The second kappa shape index (κ2) is 16.1. The highest BCUT2D eigenvalue weighted by Gasteiger charge is 2.24. The molecule has 0 saturated heterocycles. The minimum absolute atomic E-state index is 1.07. The zero-order valence-electron chi connectivity index (χ0n) is 34.1. The standard InChI is InChI=1S/C60H42N2/c1-5-19-43(20-6-1)45-35-37-47(38-36-45)52-40-39-51(42-55(52)46-23-9-3-10-24-46)62(56-31-15-13-29-53(56)49-26-17-25-48(41-49)44-21-7-2-8-22-44)59-34-18-33-58-60(59)54-30-14-16-32-57(54)61(58)50-27-11-4-12-28-50/h1-42H. The number of rotatable bonds is 9. The quantitative estimate of drug-likeness (QED) is 0.141. The van der Waals surface area contributed by atoms with Crippen LogP contribution >= 0.6 is 0 Å². The molecule has 0 saturated carbocycles. The smallest absolute Gasteiger partial charge is 0.0562 e. The van der Waals surface area contributed by atoms with Crippen LogP contribution in [0.4, 0.5) is 17.1 Å². The SMILES string of the molecule is c1ccc(-c2ccc(-c3ccc(N(c4ccccc4-c4cccc(-c5ccccc5)c4)c4cccc5c4c4ccccc4n5-c4ccccc4)cc3-c3ccccc3)cc2)cc1. The molecule has 1 aromatic heterocycles. The van der Waals surface area contributed by atoms with Crippen molar-refractivity contribution in [3.8, 4) is 61.3 Å². The lowest BCUT2D eigenvalue weighted by Gasteiger charge is -2.30. The van der Waals surface area contributed by atoms with Crippen LogP contribution < -0.4 is 4.90 Å². The van der Waals surface area contributed by atoms with Gasteiger partial charge in [0.1, 0.15) is 0 Å². The van der Waals surface area contributed by atoms with Crippen molar-refractivity contribution in [2.24, 2.45) is 0 Å². The van der Waals surface area contributed by atoms with Crippen molar-refractivity contribution in [1.82, 2.24) is 4.57 Å². The van der Waals surface area contributed by atoms with Gasteiger partial charge in [0, 0.05) is 27.7 Å². The summed E-state index contributed by atoms with van der Waals surface area (Å²) >= 11 is 0. The van der Waals surface area contributed by atoms with Gasteiger partial charge in [0.25, 0.3) is 0 Å². The molecule has 0 radical (unpaired) electrons. The van der Waals surface area contributed by atoms with Crippen molar-refractivity contribution >= 4 is 38.9 Å². The number of hydrogen-bond acceptors (Lipinski definition) is 1. The van der Waals surface area contributed by atoms with Crippen LogP contribution in [0, 0.1) is 0 Å². The lowest BCUT2D eigenvalue weighted by atomic mass is 9.92. The number of hydrogen-bond donors (Lipinski definition) is 0. The van der Waals surface area contributed by atoms with E-state index >= 15 is 0 Å². The van der Waals surface area contributed by atoms with Crippen LogP contribution in [0.5, 0.6) is 0 Å². The van der Waals surface area contributed by atoms with Crippen molar-refractivity contribution < 1.29 is 0 Å². The van der Waals surface area contributed by atoms with Crippen LogP contribution in [-0.2, 0) is 0 Å². The third-order valence-electron chi connectivity index (χ3n) is 12.0. The zero-order chi connectivity index (χ0) is 41.2. The van der Waals surface area contributed by atoms with E-state index in [0.29, 0.717) is 0 Å². The minimum Gasteiger partial charge on any atom is -0.309 e. The van der Waals surface area contributed by atoms with Crippen LogP contribution in [0.2, 0.25) is 0 Å². The highest BCUT2D eigenvalue weighted by atomic mass is 15.2. The molecule has 0 fully saturated rings. The Bertz CT molecular complexity index is 3310. The molecule has 0 unspecified atom stereocenters. The predicted molar refractivity (Wildman–Crippen MR) is 263 cm³/mol. The number of fused-ring (bicyclic) bond motifs is 3. The van der Waals surface area contributed by atoms with Gasteiger partial charge in [0.05, 0.1) is 22.4 Å². The molecule has 11 aromatic rings. The third-order valence-corrected chi connectivity index (χ3v) is 12.0. The summed E-state index contributed by atoms with van der Waals surface area (Å²) in [5, 5.41) is 2.40. The highest BCUT2D eigenvalue weighted by Crippen LogP contribution is 2.48. The van der Waals surface area contributed by atoms with Crippen molar-refractivity contribution in [3.05, 3.63) is 255 Å². The molecule has 0 spiro atoms. The van der Waals surface area contributed by atoms with Gasteiger partial charge in [-0.05, 0) is 105 Å². The lowest BCUT2D eigenvalue weighted by molar-refractivity contribution is 1.18. The first kappa shape index (κ1) is 36.8. The molecule has 10 aromatic carbocycles. The molecule has 2 heteroatoms. The van der Waals surface area contributed by atoms with Gasteiger partial charge in [0.2, 0.25) is 0 Å². The van der Waals surface area contributed by atoms with E-state index in [1.54, 1.807) is 0 Å². The van der Waals surface area contributed by atoms with Gasteiger partial charge in [-0.15, -0.1) is 0 Å². The molecule has 0 aliphatic rings. The van der Waals surface area contributed by atoms with Crippen molar-refractivity contribution in [1.29, 1.82) is 0 Å². The number of aromatic nitrogens is 1. The van der Waals surface area contributed by atoms with Crippen LogP contribution in [0.25, 0.3) is 83.1 Å². The van der Waals surface area contributed by atoms with Gasteiger partial charge in [-0.2, -0.15) is 0 Å². The maximum Gasteiger partial charge on any atom is 0.0562 e. The molecule has 0 aliphatic carbocycles. The lowest BCUT2D eigenvalue weighted by Crippen LogP contribution is -2.12. The van der Waals surface area contributed by atoms with E-state index in [1.807, 2.05) is 0 Å². The first-order chi connectivity index (χ1) is 30.8. The Labute approximate surface area is 362 Å². The van der Waals surface area contributed by atoms with Crippen molar-refractivity contribution in [3.63, 3.8) is 0 Å². The summed E-state index contributed by atoms with van der Waals surface area (Å²) in [6.45, 7) is 0. The molecular formula is C60H42N2. The topological polar surface area (TPSA) is 8.17 Å². The summed E-state index contributed by atoms with van der Waals surface area (Å²) in [7, 11) is 0. The summed E-state index contributed by atoms with van der Waals surface area (Å²) in [6, 6.07) is 92.2. The largest absolute Gasteiger partial charge is 0.309 e. The number of anilines is 3. The molecule has 292 valence electrons. The average molecular weight is 791 g/mol. The summed E-state index contributed by atoms with van der Waals surface area (Å²) in [5.41, 5.74) is 18.5. The second-order valence-electron chi connectivity index (χ2n) is 15.7. The van der Waals surface area contributed by atoms with E-state index in [-0.39, 0.29) is 0 Å². The molecule has 11 rings (SSSR count). The fourth-order valence-electron chi connectivity index (χ4n) is 9.11. The number of nitrogens with zero attached hydrogens (tertiary/aromatic N) is 2. The average Bonchev–Trinajstić information content (AvgIpc) is 3.70. The first-order valence-electron chi connectivity index (χ1n) is 21.3. The predicted octanol–water partition coefficient (Wildman–Crippen LogP) is 16.6. The second-order valence-corrected chi connectivity index (χ2v) is 15.7. The van der Waals surface area contributed by atoms with E-state index in [0.717, 1.165) is 39.4 Å². The van der Waals surface area contributed by atoms with Gasteiger partial charge >= 0.3 is 0 Å². The molecule has 0 atom stereocenters. The molecule has 0 aliphatic heterocycles. The number of benzene rings is 10.